The van der Waals surface area contributed by atoms with Crippen LogP contribution in [0.3, 0.4) is 0 Å². The molecule has 8 nitrogen and oxygen atoms in total. The summed E-state index contributed by atoms with van der Waals surface area (Å²) in [6.07, 6.45) is 4.63. The molecule has 1 saturated heterocycles. The maximum Gasteiger partial charge on any atom is 0.271 e. The molecule has 2 fully saturated rings. The maximum absolute atomic E-state index is 13.0. The number of hydrogen-bond donors (Lipinski definition) is 1. The summed E-state index contributed by atoms with van der Waals surface area (Å²) in [6.45, 7) is 1.95. The third-order valence-corrected chi connectivity index (χ3v) is 6.00. The molecule has 2 aromatic rings. The summed E-state index contributed by atoms with van der Waals surface area (Å²) in [5.74, 6) is 0.764. The van der Waals surface area contributed by atoms with Gasteiger partial charge < -0.3 is 15.1 Å². The van der Waals surface area contributed by atoms with Crippen LogP contribution >= 0.6 is 0 Å². The van der Waals surface area contributed by atoms with Crippen LogP contribution in [0.4, 0.5) is 0 Å². The summed E-state index contributed by atoms with van der Waals surface area (Å²) in [5, 5.41) is 11.2. The molecule has 0 bridgehead atoms. The van der Waals surface area contributed by atoms with Crippen LogP contribution in [-0.2, 0) is 4.79 Å². The minimum Gasteiger partial charge on any atom is -0.348 e. The largest absolute Gasteiger partial charge is 0.348 e. The summed E-state index contributed by atoms with van der Waals surface area (Å²) in [7, 11) is 3.82. The maximum atomic E-state index is 13.0. The van der Waals surface area contributed by atoms with E-state index in [1.807, 2.05) is 54.2 Å². The Morgan fingerprint density at radius 1 is 1.17 bits per heavy atom. The number of benzene rings is 1. The molecule has 1 aliphatic heterocycles. The molecule has 1 N–H and O–H groups in total. The molecule has 2 heterocycles. The minimum atomic E-state index is -0.164. The van der Waals surface area contributed by atoms with E-state index in [1.165, 1.54) is 6.20 Å². The molecule has 0 unspecified atom stereocenters. The summed E-state index contributed by atoms with van der Waals surface area (Å²) >= 11 is 0. The Hall–Kier alpha value is -2.74. The van der Waals surface area contributed by atoms with Gasteiger partial charge in [0.05, 0.1) is 18.4 Å². The average Bonchev–Trinajstić information content (AvgIpc) is 3.36. The van der Waals surface area contributed by atoms with Gasteiger partial charge in [-0.25, -0.2) is 4.68 Å². The number of likely N-dealkylation sites (N-methyl/N-ethyl adjacent to an activating group) is 1. The lowest BCUT2D eigenvalue weighted by Gasteiger charge is -2.33. The lowest BCUT2D eigenvalue weighted by molar-refractivity contribution is -0.131. The number of aromatic nitrogens is 3. The Morgan fingerprint density at radius 3 is 2.72 bits per heavy atom. The highest BCUT2D eigenvalue weighted by Crippen LogP contribution is 2.36. The number of amides is 2. The predicted molar refractivity (Wildman–Crippen MR) is 109 cm³/mol. The van der Waals surface area contributed by atoms with Crippen molar-refractivity contribution in [2.45, 2.75) is 25.3 Å². The molecule has 1 aliphatic carbocycles. The first-order chi connectivity index (χ1) is 14.0. The Balaban J connectivity index is 1.45. The number of carbonyl (C=O) groups excluding carboxylic acids is 2. The van der Waals surface area contributed by atoms with Crippen LogP contribution in [-0.4, -0.2) is 76.4 Å². The molecule has 154 valence electrons. The highest BCUT2D eigenvalue weighted by molar-refractivity contribution is 5.93. The standard InChI is InChI=1S/C21H28N6O2/c1-25(2)14-20(28)26-12-15-7-6-10-18(17(15)13-26)23-21(29)19-11-22-24-27(19)16-8-4-3-5-9-16/h3-5,8-9,11,15,17-18H,6-7,10,12-14H2,1-2H3,(H,23,29)/t15-,17+,18-/m0/s1. The smallest absolute Gasteiger partial charge is 0.271 e. The van der Waals surface area contributed by atoms with Gasteiger partial charge in [-0.15, -0.1) is 5.10 Å². The highest BCUT2D eigenvalue weighted by Gasteiger charge is 2.42. The molecule has 4 rings (SSSR count). The van der Waals surface area contributed by atoms with E-state index in [-0.39, 0.29) is 17.9 Å². The third-order valence-electron chi connectivity index (χ3n) is 6.00. The van der Waals surface area contributed by atoms with Crippen molar-refractivity contribution in [3.8, 4) is 5.69 Å². The van der Waals surface area contributed by atoms with Gasteiger partial charge in [0.15, 0.2) is 5.69 Å². The Labute approximate surface area is 170 Å². The van der Waals surface area contributed by atoms with Crippen molar-refractivity contribution in [1.29, 1.82) is 0 Å². The summed E-state index contributed by atoms with van der Waals surface area (Å²) < 4.78 is 1.57. The summed E-state index contributed by atoms with van der Waals surface area (Å²) in [6, 6.07) is 9.59. The van der Waals surface area contributed by atoms with Crippen molar-refractivity contribution in [2.75, 3.05) is 33.7 Å². The number of para-hydroxylation sites is 1. The van der Waals surface area contributed by atoms with Crippen molar-refractivity contribution in [1.82, 2.24) is 30.1 Å². The van der Waals surface area contributed by atoms with E-state index in [0.717, 1.165) is 38.0 Å². The van der Waals surface area contributed by atoms with Gasteiger partial charge in [-0.05, 0) is 45.0 Å². The topological polar surface area (TPSA) is 83.4 Å². The van der Waals surface area contributed by atoms with E-state index < -0.39 is 0 Å². The molecular weight excluding hydrogens is 368 g/mol. The van der Waals surface area contributed by atoms with Crippen LogP contribution in [0.2, 0.25) is 0 Å². The molecule has 29 heavy (non-hydrogen) atoms. The second-order valence-electron chi connectivity index (χ2n) is 8.34. The molecule has 8 heteroatoms. The SMILES string of the molecule is CN(C)CC(=O)N1C[C@@H]2CCC[C@H](NC(=O)c3cnnn3-c3ccccc3)[C@@H]2C1. The molecular formula is C21H28N6O2. The third kappa shape index (κ3) is 4.17. The lowest BCUT2D eigenvalue weighted by atomic mass is 9.78. The van der Waals surface area contributed by atoms with Crippen molar-refractivity contribution in [3.63, 3.8) is 0 Å². The van der Waals surface area contributed by atoms with Crippen LogP contribution in [0.25, 0.3) is 5.69 Å². The zero-order chi connectivity index (χ0) is 20.4. The average molecular weight is 396 g/mol. The lowest BCUT2D eigenvalue weighted by Crippen LogP contribution is -2.46. The van der Waals surface area contributed by atoms with Crippen molar-refractivity contribution in [2.24, 2.45) is 11.8 Å². The molecule has 0 spiro atoms. The monoisotopic (exact) mass is 396 g/mol. The quantitative estimate of drug-likeness (QED) is 0.821. The van der Waals surface area contributed by atoms with E-state index in [9.17, 15) is 9.59 Å². The number of nitrogens with one attached hydrogen (secondary N) is 1. The van der Waals surface area contributed by atoms with Crippen LogP contribution < -0.4 is 5.32 Å². The van der Waals surface area contributed by atoms with Crippen LogP contribution in [0.15, 0.2) is 36.5 Å². The summed E-state index contributed by atoms with van der Waals surface area (Å²) in [4.78, 5) is 29.4. The van der Waals surface area contributed by atoms with Crippen LogP contribution in [0.1, 0.15) is 29.8 Å². The highest BCUT2D eigenvalue weighted by atomic mass is 16.2. The van der Waals surface area contributed by atoms with Crippen LogP contribution in [0.5, 0.6) is 0 Å². The normalized spacial score (nSPS) is 23.8. The zero-order valence-electron chi connectivity index (χ0n) is 17.0. The number of carbonyl (C=O) groups is 2. The van der Waals surface area contributed by atoms with Crippen molar-refractivity contribution in [3.05, 3.63) is 42.2 Å². The molecule has 2 amide bonds. The first kappa shape index (κ1) is 19.6. The minimum absolute atomic E-state index is 0.0672. The molecule has 1 aromatic heterocycles. The number of likely N-dealkylation sites (tertiary alicyclic amines) is 1. The van der Waals surface area contributed by atoms with E-state index in [4.69, 9.17) is 0 Å². The zero-order valence-corrected chi connectivity index (χ0v) is 17.0. The number of rotatable bonds is 5. The van der Waals surface area contributed by atoms with Gasteiger partial charge in [0, 0.05) is 25.0 Å². The van der Waals surface area contributed by atoms with E-state index in [1.54, 1.807) is 4.68 Å². The van der Waals surface area contributed by atoms with Gasteiger partial charge >= 0.3 is 0 Å². The van der Waals surface area contributed by atoms with Crippen molar-refractivity contribution >= 4 is 11.8 Å². The fourth-order valence-corrected chi connectivity index (χ4v) is 4.62. The Kier molecular flexibility index (Phi) is 5.62. The second-order valence-corrected chi connectivity index (χ2v) is 8.34. The van der Waals surface area contributed by atoms with Crippen molar-refractivity contribution < 1.29 is 9.59 Å². The fraction of sp³-hybridized carbons (Fsp3) is 0.524. The van der Waals surface area contributed by atoms with Gasteiger partial charge in [-0.1, -0.05) is 29.8 Å². The van der Waals surface area contributed by atoms with E-state index in [0.29, 0.717) is 24.1 Å². The number of fused-ring (bicyclic) bond motifs is 1. The van der Waals surface area contributed by atoms with Gasteiger partial charge in [0.25, 0.3) is 5.91 Å². The van der Waals surface area contributed by atoms with Gasteiger partial charge in [-0.2, -0.15) is 0 Å². The van der Waals surface area contributed by atoms with Crippen LogP contribution in [0, 0.1) is 11.8 Å². The fourth-order valence-electron chi connectivity index (χ4n) is 4.62. The molecule has 1 saturated carbocycles. The Morgan fingerprint density at radius 2 is 1.97 bits per heavy atom. The number of hydrogen-bond acceptors (Lipinski definition) is 5. The van der Waals surface area contributed by atoms with E-state index >= 15 is 0 Å². The molecule has 0 radical (unpaired) electrons. The first-order valence-corrected chi connectivity index (χ1v) is 10.2. The number of nitrogens with zero attached hydrogens (tertiary/aromatic N) is 5. The first-order valence-electron chi connectivity index (χ1n) is 10.2. The molecule has 2 aliphatic rings. The van der Waals surface area contributed by atoms with Gasteiger partial charge in [0.1, 0.15) is 0 Å². The molecule has 3 atom stereocenters. The Bertz CT molecular complexity index is 865. The van der Waals surface area contributed by atoms with E-state index in [2.05, 4.69) is 15.6 Å². The van der Waals surface area contributed by atoms with Gasteiger partial charge in [-0.3, -0.25) is 9.59 Å². The summed E-state index contributed by atoms with van der Waals surface area (Å²) in [5.41, 5.74) is 1.23. The second kappa shape index (κ2) is 8.32. The predicted octanol–water partition coefficient (Wildman–Crippen LogP) is 1.19. The molecule has 1 aromatic carbocycles. The van der Waals surface area contributed by atoms with Gasteiger partial charge in [0.2, 0.25) is 5.91 Å².